The molecule has 28 heavy (non-hydrogen) atoms. The Labute approximate surface area is 171 Å². The van der Waals surface area contributed by atoms with E-state index in [4.69, 9.17) is 16.3 Å². The first-order valence-corrected chi connectivity index (χ1v) is 10.8. The molecule has 1 aromatic carbocycles. The van der Waals surface area contributed by atoms with Gasteiger partial charge in [0, 0.05) is 39.2 Å². The summed E-state index contributed by atoms with van der Waals surface area (Å²) in [6.45, 7) is 5.27. The minimum absolute atomic E-state index is 0.0182. The van der Waals surface area contributed by atoms with E-state index in [2.05, 4.69) is 10.0 Å². The van der Waals surface area contributed by atoms with Crippen LogP contribution in [0.4, 0.5) is 9.18 Å². The molecule has 0 saturated heterocycles. The van der Waals surface area contributed by atoms with Crippen molar-refractivity contribution >= 4 is 27.7 Å². The molecule has 0 aromatic heterocycles. The number of unbranched alkanes of at least 4 members (excludes halogenated alkanes) is 1. The SMILES string of the molecule is COC[CH]CN(CCCCNS(=O)(=O)c1ccc(F)cc1Cl)C(=O)NC(C)C. The number of carbonyl (C=O) groups is 1. The third kappa shape index (κ3) is 8.72. The van der Waals surface area contributed by atoms with E-state index in [0.717, 1.165) is 18.2 Å². The van der Waals surface area contributed by atoms with Crippen LogP contribution in [-0.2, 0) is 14.8 Å². The lowest BCUT2D eigenvalue weighted by Crippen LogP contribution is -2.44. The molecule has 1 radical (unpaired) electrons. The smallest absolute Gasteiger partial charge is 0.317 e. The monoisotopic (exact) mass is 436 g/mol. The van der Waals surface area contributed by atoms with Gasteiger partial charge in [0.15, 0.2) is 0 Å². The topological polar surface area (TPSA) is 87.7 Å². The zero-order valence-electron chi connectivity index (χ0n) is 16.4. The van der Waals surface area contributed by atoms with Crippen LogP contribution in [0.1, 0.15) is 26.7 Å². The minimum atomic E-state index is -3.82. The molecule has 0 atom stereocenters. The average Bonchev–Trinajstić information content (AvgIpc) is 2.58. The molecule has 10 heteroatoms. The van der Waals surface area contributed by atoms with Crippen molar-refractivity contribution in [1.82, 2.24) is 14.9 Å². The summed E-state index contributed by atoms with van der Waals surface area (Å²) >= 11 is 5.81. The molecule has 0 bridgehead atoms. The molecule has 0 saturated carbocycles. The van der Waals surface area contributed by atoms with Crippen molar-refractivity contribution in [2.45, 2.75) is 37.6 Å². The van der Waals surface area contributed by atoms with Gasteiger partial charge in [-0.1, -0.05) is 11.6 Å². The Hall–Kier alpha value is -1.42. The largest absolute Gasteiger partial charge is 0.384 e. The quantitative estimate of drug-likeness (QED) is 0.493. The van der Waals surface area contributed by atoms with E-state index >= 15 is 0 Å². The standard InChI is InChI=1S/C18H28ClFN3O4S/c1-14(2)22-18(24)23(11-6-12-27-3)10-5-4-9-21-28(25,26)17-8-7-15(20)13-16(17)19/h6-8,13-14,21H,4-5,9-12H2,1-3H3,(H,22,24). The number of amides is 2. The molecule has 2 N–H and O–H groups in total. The molecule has 7 nitrogen and oxygen atoms in total. The predicted molar refractivity (Wildman–Crippen MR) is 107 cm³/mol. The molecular formula is C18H28ClFN3O4S. The number of methoxy groups -OCH3 is 1. The second kappa shape index (κ2) is 12.2. The van der Waals surface area contributed by atoms with Gasteiger partial charge in [-0.2, -0.15) is 0 Å². The molecule has 0 aliphatic carbocycles. The molecule has 1 aromatic rings. The molecule has 0 spiro atoms. The Bertz CT molecular complexity index is 732. The van der Waals surface area contributed by atoms with Gasteiger partial charge in [-0.15, -0.1) is 0 Å². The number of sulfonamides is 1. The van der Waals surface area contributed by atoms with Crippen molar-refractivity contribution in [2.75, 3.05) is 33.4 Å². The fourth-order valence-corrected chi connectivity index (χ4v) is 3.95. The number of rotatable bonds is 12. The molecule has 0 aliphatic rings. The summed E-state index contributed by atoms with van der Waals surface area (Å²) in [4.78, 5) is 13.7. The Kier molecular flexibility index (Phi) is 10.7. The number of nitrogens with one attached hydrogen (secondary N) is 2. The van der Waals surface area contributed by atoms with Crippen molar-refractivity contribution in [3.05, 3.63) is 35.5 Å². The molecule has 0 fully saturated rings. The lowest BCUT2D eigenvalue weighted by molar-refractivity contribution is 0.187. The van der Waals surface area contributed by atoms with Crippen LogP contribution in [0.15, 0.2) is 23.1 Å². The number of hydrogen-bond acceptors (Lipinski definition) is 4. The Morgan fingerprint density at radius 1 is 1.36 bits per heavy atom. The fourth-order valence-electron chi connectivity index (χ4n) is 2.35. The van der Waals surface area contributed by atoms with Gasteiger partial charge in [-0.3, -0.25) is 0 Å². The first-order valence-electron chi connectivity index (χ1n) is 8.98. The summed E-state index contributed by atoms with van der Waals surface area (Å²) in [5.41, 5.74) is 0. The van der Waals surface area contributed by atoms with E-state index in [1.807, 2.05) is 20.3 Å². The highest BCUT2D eigenvalue weighted by Crippen LogP contribution is 2.21. The summed E-state index contributed by atoms with van der Waals surface area (Å²) in [6.07, 6.45) is 2.97. The van der Waals surface area contributed by atoms with E-state index in [0.29, 0.717) is 32.5 Å². The number of urea groups is 1. The van der Waals surface area contributed by atoms with E-state index in [9.17, 15) is 17.6 Å². The number of carbonyl (C=O) groups excluding carboxylic acids is 1. The Morgan fingerprint density at radius 3 is 2.68 bits per heavy atom. The van der Waals surface area contributed by atoms with Crippen LogP contribution in [0, 0.1) is 12.2 Å². The number of ether oxygens (including phenoxy) is 1. The van der Waals surface area contributed by atoms with Gasteiger partial charge in [-0.05, 0) is 44.9 Å². The first-order chi connectivity index (χ1) is 13.2. The highest BCUT2D eigenvalue weighted by molar-refractivity contribution is 7.89. The number of benzene rings is 1. The maximum Gasteiger partial charge on any atom is 0.317 e. The molecule has 159 valence electrons. The third-order valence-corrected chi connectivity index (χ3v) is 5.61. The van der Waals surface area contributed by atoms with Gasteiger partial charge in [0.1, 0.15) is 10.7 Å². The van der Waals surface area contributed by atoms with Crippen molar-refractivity contribution in [3.63, 3.8) is 0 Å². The van der Waals surface area contributed by atoms with Gasteiger partial charge in [0.25, 0.3) is 0 Å². The van der Waals surface area contributed by atoms with Gasteiger partial charge < -0.3 is 15.0 Å². The summed E-state index contributed by atoms with van der Waals surface area (Å²) in [5.74, 6) is -0.603. The van der Waals surface area contributed by atoms with Gasteiger partial charge >= 0.3 is 6.03 Å². The molecule has 0 unspecified atom stereocenters. The second-order valence-corrected chi connectivity index (χ2v) is 8.62. The zero-order valence-corrected chi connectivity index (χ0v) is 17.9. The third-order valence-electron chi connectivity index (χ3n) is 3.66. The van der Waals surface area contributed by atoms with Crippen LogP contribution in [0.5, 0.6) is 0 Å². The summed E-state index contributed by atoms with van der Waals surface area (Å²) in [6, 6.07) is 2.97. The number of nitrogens with zero attached hydrogens (tertiary/aromatic N) is 1. The summed E-state index contributed by atoms with van der Waals surface area (Å²) in [7, 11) is -2.24. The Balaban J connectivity index is 2.49. The lowest BCUT2D eigenvalue weighted by atomic mass is 10.3. The van der Waals surface area contributed by atoms with Crippen LogP contribution in [0.25, 0.3) is 0 Å². The fraction of sp³-hybridized carbons (Fsp3) is 0.556. The highest BCUT2D eigenvalue weighted by atomic mass is 35.5. The van der Waals surface area contributed by atoms with Crippen molar-refractivity contribution in [3.8, 4) is 0 Å². The molecule has 0 aliphatic heterocycles. The maximum atomic E-state index is 13.1. The van der Waals surface area contributed by atoms with Crippen molar-refractivity contribution in [2.24, 2.45) is 0 Å². The van der Waals surface area contributed by atoms with E-state index < -0.39 is 15.8 Å². The van der Waals surface area contributed by atoms with Crippen LogP contribution in [0.3, 0.4) is 0 Å². The number of halogens is 2. The minimum Gasteiger partial charge on any atom is -0.384 e. The average molecular weight is 437 g/mol. The van der Waals surface area contributed by atoms with Crippen LogP contribution in [0.2, 0.25) is 5.02 Å². The molecule has 2 amide bonds. The normalized spacial score (nSPS) is 11.6. The highest BCUT2D eigenvalue weighted by Gasteiger charge is 2.18. The van der Waals surface area contributed by atoms with Crippen LogP contribution in [-0.4, -0.2) is 58.7 Å². The summed E-state index contributed by atoms with van der Waals surface area (Å²) < 4.78 is 45.0. The lowest BCUT2D eigenvalue weighted by Gasteiger charge is -2.24. The van der Waals surface area contributed by atoms with Crippen LogP contribution < -0.4 is 10.0 Å². The maximum absolute atomic E-state index is 13.1. The zero-order chi connectivity index (χ0) is 21.2. The Morgan fingerprint density at radius 2 is 2.07 bits per heavy atom. The van der Waals surface area contributed by atoms with E-state index in [-0.39, 0.29) is 28.5 Å². The van der Waals surface area contributed by atoms with Gasteiger partial charge in [0.05, 0.1) is 11.6 Å². The summed E-state index contributed by atoms with van der Waals surface area (Å²) in [5, 5.41) is 2.67. The number of hydrogen-bond donors (Lipinski definition) is 2. The van der Waals surface area contributed by atoms with Crippen LogP contribution >= 0.6 is 11.6 Å². The molecular weight excluding hydrogens is 409 g/mol. The van der Waals surface area contributed by atoms with Gasteiger partial charge in [-0.25, -0.2) is 22.3 Å². The van der Waals surface area contributed by atoms with E-state index in [1.165, 1.54) is 0 Å². The second-order valence-electron chi connectivity index (χ2n) is 6.47. The van der Waals surface area contributed by atoms with Crippen molar-refractivity contribution in [1.29, 1.82) is 0 Å². The predicted octanol–water partition coefficient (Wildman–Crippen LogP) is 2.81. The molecule has 0 heterocycles. The first kappa shape index (κ1) is 24.6. The van der Waals surface area contributed by atoms with Gasteiger partial charge in [0.2, 0.25) is 10.0 Å². The van der Waals surface area contributed by atoms with Crippen molar-refractivity contribution < 1.29 is 22.3 Å². The molecule has 1 rings (SSSR count). The van der Waals surface area contributed by atoms with E-state index in [1.54, 1.807) is 12.0 Å².